The molecule has 3 aromatic carbocycles. The number of halogens is 2. The van der Waals surface area contributed by atoms with E-state index in [2.05, 4.69) is 4.99 Å². The molecule has 1 aliphatic rings. The SMILES string of the molecule is COCCOC(=O)C1=C(C)N=c2s/c(=C\c3ccc(Cl)c(Cl)c3)c(=O)n2C1c1ccc(OCc2ccccc2)c(OC)c1. The molecular weight excluding hydrogens is 611 g/mol. The quantitative estimate of drug-likeness (QED) is 0.173. The molecule has 43 heavy (non-hydrogen) atoms. The van der Waals surface area contributed by atoms with E-state index in [1.807, 2.05) is 36.4 Å². The Morgan fingerprint density at radius 1 is 1.00 bits per heavy atom. The number of fused-ring (bicyclic) bond motifs is 1. The van der Waals surface area contributed by atoms with E-state index in [0.717, 1.165) is 5.56 Å². The summed E-state index contributed by atoms with van der Waals surface area (Å²) in [6, 6.07) is 19.4. The fraction of sp³-hybridized carbons (Fsp3) is 0.219. The van der Waals surface area contributed by atoms with Crippen molar-refractivity contribution in [1.82, 2.24) is 4.57 Å². The highest BCUT2D eigenvalue weighted by Crippen LogP contribution is 2.36. The maximum absolute atomic E-state index is 13.9. The van der Waals surface area contributed by atoms with Gasteiger partial charge < -0.3 is 18.9 Å². The molecular formula is C32H28Cl2N2O6S. The fourth-order valence-electron chi connectivity index (χ4n) is 4.66. The van der Waals surface area contributed by atoms with Crippen LogP contribution >= 0.6 is 34.5 Å². The highest BCUT2D eigenvalue weighted by molar-refractivity contribution is 7.07. The number of allylic oxidation sites excluding steroid dienone is 1. The van der Waals surface area contributed by atoms with Crippen LogP contribution in [0.25, 0.3) is 6.08 Å². The standard InChI is InChI=1S/C32H28Cl2N2O6S/c1-19-28(31(38)41-14-13-39-2)29(22-10-12-25(26(17-22)40-3)42-18-20-7-5-4-6-8-20)36-30(37)27(43-32(36)35-19)16-21-9-11-23(33)24(34)15-21/h4-12,15-17,29H,13-14,18H2,1-3H3/b27-16-. The lowest BCUT2D eigenvalue weighted by Gasteiger charge is -2.25. The summed E-state index contributed by atoms with van der Waals surface area (Å²) in [4.78, 5) is 32.5. The third-order valence-corrected chi connectivity index (χ3v) is 8.47. The molecule has 222 valence electrons. The van der Waals surface area contributed by atoms with Crippen molar-refractivity contribution in [1.29, 1.82) is 0 Å². The first-order chi connectivity index (χ1) is 20.8. The third-order valence-electron chi connectivity index (χ3n) is 6.74. The number of carbonyl (C=O) groups is 1. The molecule has 11 heteroatoms. The Morgan fingerprint density at radius 3 is 2.51 bits per heavy atom. The van der Waals surface area contributed by atoms with Gasteiger partial charge in [0.05, 0.1) is 45.6 Å². The lowest BCUT2D eigenvalue weighted by Crippen LogP contribution is -2.40. The summed E-state index contributed by atoms with van der Waals surface area (Å²) < 4.78 is 24.2. The number of hydrogen-bond donors (Lipinski definition) is 0. The Bertz CT molecular complexity index is 1870. The van der Waals surface area contributed by atoms with Crippen molar-refractivity contribution in [3.8, 4) is 11.5 Å². The van der Waals surface area contributed by atoms with E-state index >= 15 is 0 Å². The van der Waals surface area contributed by atoms with Gasteiger partial charge in [-0.3, -0.25) is 9.36 Å². The Kier molecular flexibility index (Phi) is 9.67. The molecule has 0 fully saturated rings. The number of aromatic nitrogens is 1. The number of hydrogen-bond acceptors (Lipinski definition) is 8. The second-order valence-electron chi connectivity index (χ2n) is 9.57. The van der Waals surface area contributed by atoms with Gasteiger partial charge in [0.1, 0.15) is 13.2 Å². The molecule has 1 aromatic heterocycles. The first-order valence-electron chi connectivity index (χ1n) is 13.3. The number of thiazole rings is 1. The number of methoxy groups -OCH3 is 2. The van der Waals surface area contributed by atoms with Crippen molar-refractivity contribution >= 4 is 46.6 Å². The van der Waals surface area contributed by atoms with Crippen LogP contribution < -0.4 is 24.4 Å². The van der Waals surface area contributed by atoms with E-state index in [-0.39, 0.29) is 24.3 Å². The molecule has 0 radical (unpaired) electrons. The van der Waals surface area contributed by atoms with E-state index in [1.54, 1.807) is 43.3 Å². The summed E-state index contributed by atoms with van der Waals surface area (Å²) >= 11 is 13.5. The van der Waals surface area contributed by atoms with Gasteiger partial charge in [-0.25, -0.2) is 9.79 Å². The van der Waals surface area contributed by atoms with Crippen LogP contribution in [0.1, 0.15) is 29.7 Å². The third kappa shape index (κ3) is 6.70. The summed E-state index contributed by atoms with van der Waals surface area (Å²) in [7, 11) is 3.06. The number of ether oxygens (including phenoxy) is 4. The van der Waals surface area contributed by atoms with Gasteiger partial charge in [-0.15, -0.1) is 0 Å². The van der Waals surface area contributed by atoms with Crippen molar-refractivity contribution in [2.75, 3.05) is 27.4 Å². The first-order valence-corrected chi connectivity index (χ1v) is 14.9. The van der Waals surface area contributed by atoms with Crippen LogP contribution in [0, 0.1) is 0 Å². The zero-order chi connectivity index (χ0) is 30.5. The van der Waals surface area contributed by atoms with Gasteiger partial charge in [-0.1, -0.05) is 77.0 Å². The molecule has 5 rings (SSSR count). The molecule has 2 heterocycles. The maximum atomic E-state index is 13.9. The number of nitrogens with zero attached hydrogens (tertiary/aromatic N) is 2. The molecule has 0 spiro atoms. The van der Waals surface area contributed by atoms with Crippen LogP contribution in [0.4, 0.5) is 0 Å². The monoisotopic (exact) mass is 638 g/mol. The van der Waals surface area contributed by atoms with E-state index in [1.165, 1.54) is 30.1 Å². The normalized spacial score (nSPS) is 14.7. The highest BCUT2D eigenvalue weighted by Gasteiger charge is 2.34. The molecule has 0 N–H and O–H groups in total. The van der Waals surface area contributed by atoms with Gasteiger partial charge in [-0.05, 0) is 54.0 Å². The van der Waals surface area contributed by atoms with Gasteiger partial charge in [-0.2, -0.15) is 0 Å². The minimum atomic E-state index is -0.834. The Labute approximate surface area is 262 Å². The lowest BCUT2D eigenvalue weighted by atomic mass is 9.95. The van der Waals surface area contributed by atoms with Crippen molar-refractivity contribution in [3.63, 3.8) is 0 Å². The van der Waals surface area contributed by atoms with Crippen molar-refractivity contribution < 1.29 is 23.7 Å². The molecule has 0 aliphatic carbocycles. The molecule has 1 aliphatic heterocycles. The predicted octanol–water partition coefficient (Wildman–Crippen LogP) is 5.32. The summed E-state index contributed by atoms with van der Waals surface area (Å²) in [5.41, 5.74) is 2.69. The number of esters is 1. The fourth-order valence-corrected chi connectivity index (χ4v) is 6.01. The summed E-state index contributed by atoms with van der Waals surface area (Å²) in [5.74, 6) is 0.380. The van der Waals surface area contributed by atoms with Crippen LogP contribution in [0.5, 0.6) is 11.5 Å². The molecule has 4 aromatic rings. The molecule has 0 saturated carbocycles. The van der Waals surface area contributed by atoms with Crippen LogP contribution in [-0.4, -0.2) is 38.0 Å². The van der Waals surface area contributed by atoms with Crippen LogP contribution in [-0.2, 0) is 20.9 Å². The molecule has 8 nitrogen and oxygen atoms in total. The van der Waals surface area contributed by atoms with E-state index in [9.17, 15) is 9.59 Å². The van der Waals surface area contributed by atoms with Crippen molar-refractivity contribution in [3.05, 3.63) is 124 Å². The number of carbonyl (C=O) groups excluding carboxylic acids is 1. The number of benzene rings is 3. The first kappa shape index (κ1) is 30.6. The molecule has 0 saturated heterocycles. The van der Waals surface area contributed by atoms with Gasteiger partial charge in [0.25, 0.3) is 5.56 Å². The van der Waals surface area contributed by atoms with Crippen LogP contribution in [0.15, 0.2) is 87.8 Å². The minimum Gasteiger partial charge on any atom is -0.493 e. The van der Waals surface area contributed by atoms with Gasteiger partial charge in [0.15, 0.2) is 16.3 Å². The molecule has 1 atom stereocenters. The topological polar surface area (TPSA) is 88.4 Å². The Hall–Kier alpha value is -3.89. The second kappa shape index (κ2) is 13.6. The Balaban J connectivity index is 1.60. The predicted molar refractivity (Wildman–Crippen MR) is 167 cm³/mol. The maximum Gasteiger partial charge on any atom is 0.338 e. The zero-order valence-electron chi connectivity index (χ0n) is 23.6. The minimum absolute atomic E-state index is 0.0518. The Morgan fingerprint density at radius 2 is 1.79 bits per heavy atom. The average Bonchev–Trinajstić information content (AvgIpc) is 3.31. The second-order valence-corrected chi connectivity index (χ2v) is 11.4. The van der Waals surface area contributed by atoms with Gasteiger partial charge in [0.2, 0.25) is 0 Å². The smallest absolute Gasteiger partial charge is 0.338 e. The van der Waals surface area contributed by atoms with E-state index in [0.29, 0.717) is 54.3 Å². The van der Waals surface area contributed by atoms with Crippen LogP contribution in [0.2, 0.25) is 10.0 Å². The van der Waals surface area contributed by atoms with Crippen molar-refractivity contribution in [2.24, 2.45) is 4.99 Å². The summed E-state index contributed by atoms with van der Waals surface area (Å²) in [6.07, 6.45) is 1.72. The largest absolute Gasteiger partial charge is 0.493 e. The summed E-state index contributed by atoms with van der Waals surface area (Å²) in [6.45, 7) is 2.35. The zero-order valence-corrected chi connectivity index (χ0v) is 26.0. The van der Waals surface area contributed by atoms with Gasteiger partial charge >= 0.3 is 5.97 Å². The highest BCUT2D eigenvalue weighted by atomic mass is 35.5. The van der Waals surface area contributed by atoms with Gasteiger partial charge in [0, 0.05) is 7.11 Å². The molecule has 0 bridgehead atoms. The summed E-state index contributed by atoms with van der Waals surface area (Å²) in [5, 5.41) is 0.789. The van der Waals surface area contributed by atoms with Crippen molar-refractivity contribution in [2.45, 2.75) is 19.6 Å². The lowest BCUT2D eigenvalue weighted by molar-refractivity contribution is -0.140. The number of rotatable bonds is 10. The molecule has 1 unspecified atom stereocenters. The van der Waals surface area contributed by atoms with Crippen LogP contribution in [0.3, 0.4) is 0 Å². The van der Waals surface area contributed by atoms with E-state index in [4.69, 9.17) is 42.1 Å². The van der Waals surface area contributed by atoms with E-state index < -0.39 is 12.0 Å². The molecule has 0 amide bonds. The average molecular weight is 640 g/mol.